The van der Waals surface area contributed by atoms with Gasteiger partial charge in [-0.25, -0.2) is 0 Å². The van der Waals surface area contributed by atoms with Crippen LogP contribution in [0.1, 0.15) is 30.0 Å². The van der Waals surface area contributed by atoms with Crippen LogP contribution in [0.25, 0.3) is 0 Å². The van der Waals surface area contributed by atoms with Crippen molar-refractivity contribution >= 4 is 11.8 Å². The predicted molar refractivity (Wildman–Crippen MR) is 106 cm³/mol. The summed E-state index contributed by atoms with van der Waals surface area (Å²) in [7, 11) is 1.58. The Morgan fingerprint density at radius 2 is 1.89 bits per heavy atom. The first-order valence-electron chi connectivity index (χ1n) is 9.43. The molecule has 0 aromatic heterocycles. The van der Waals surface area contributed by atoms with Crippen molar-refractivity contribution in [1.82, 2.24) is 10.2 Å². The number of likely N-dealkylation sites (N-methyl/N-ethyl adjacent to an activating group) is 1. The maximum atomic E-state index is 13.0. The van der Waals surface area contributed by atoms with E-state index in [1.54, 1.807) is 18.9 Å². The van der Waals surface area contributed by atoms with Gasteiger partial charge >= 0.3 is 0 Å². The van der Waals surface area contributed by atoms with E-state index < -0.39 is 6.04 Å². The predicted octanol–water partition coefficient (Wildman–Crippen LogP) is 2.82. The van der Waals surface area contributed by atoms with Crippen molar-refractivity contribution < 1.29 is 19.1 Å². The molecule has 3 rings (SSSR count). The number of fused-ring (bicyclic) bond motifs is 1. The molecule has 2 aromatic carbocycles. The fourth-order valence-electron chi connectivity index (χ4n) is 3.29. The summed E-state index contributed by atoms with van der Waals surface area (Å²) < 4.78 is 10.7. The topological polar surface area (TPSA) is 67.9 Å². The van der Waals surface area contributed by atoms with E-state index in [0.29, 0.717) is 25.1 Å². The van der Waals surface area contributed by atoms with Gasteiger partial charge in [-0.05, 0) is 43.5 Å². The smallest absolute Gasteiger partial charge is 0.242 e. The number of rotatable bonds is 7. The van der Waals surface area contributed by atoms with Gasteiger partial charge in [0.15, 0.2) is 11.5 Å². The minimum Gasteiger partial charge on any atom is -0.454 e. The van der Waals surface area contributed by atoms with Crippen molar-refractivity contribution in [3.05, 3.63) is 59.2 Å². The molecule has 1 atom stereocenters. The van der Waals surface area contributed by atoms with Crippen molar-refractivity contribution in [2.75, 3.05) is 13.8 Å². The van der Waals surface area contributed by atoms with Gasteiger partial charge in [0.05, 0.1) is 0 Å². The van der Waals surface area contributed by atoms with E-state index in [0.717, 1.165) is 22.4 Å². The second-order valence-corrected chi connectivity index (χ2v) is 6.99. The lowest BCUT2D eigenvalue weighted by Gasteiger charge is -2.28. The Hall–Kier alpha value is -3.02. The fourth-order valence-corrected chi connectivity index (χ4v) is 3.29. The van der Waals surface area contributed by atoms with Crippen molar-refractivity contribution in [2.45, 2.75) is 39.3 Å². The average molecular weight is 382 g/mol. The number of ether oxygens (including phenoxy) is 2. The lowest BCUT2D eigenvalue weighted by atomic mass is 10.1. The largest absolute Gasteiger partial charge is 0.454 e. The summed E-state index contributed by atoms with van der Waals surface area (Å²) in [6.07, 6.45) is 0.882. The molecule has 148 valence electrons. The van der Waals surface area contributed by atoms with Gasteiger partial charge in [-0.2, -0.15) is 0 Å². The van der Waals surface area contributed by atoms with E-state index in [4.69, 9.17) is 9.47 Å². The van der Waals surface area contributed by atoms with Gasteiger partial charge in [0.2, 0.25) is 18.6 Å². The van der Waals surface area contributed by atoms with E-state index in [2.05, 4.69) is 5.32 Å². The first kappa shape index (κ1) is 19.7. The third-order valence-electron chi connectivity index (χ3n) is 4.91. The second-order valence-electron chi connectivity index (χ2n) is 6.99. The summed E-state index contributed by atoms with van der Waals surface area (Å²) in [5, 5.41) is 2.64. The monoisotopic (exact) mass is 382 g/mol. The molecule has 1 N–H and O–H groups in total. The van der Waals surface area contributed by atoms with Crippen LogP contribution < -0.4 is 14.8 Å². The zero-order valence-electron chi connectivity index (χ0n) is 16.5. The van der Waals surface area contributed by atoms with E-state index in [9.17, 15) is 9.59 Å². The summed E-state index contributed by atoms with van der Waals surface area (Å²) in [5.41, 5.74) is 3.13. The highest BCUT2D eigenvalue weighted by Gasteiger charge is 2.25. The lowest BCUT2D eigenvalue weighted by Crippen LogP contribution is -2.46. The highest BCUT2D eigenvalue weighted by atomic mass is 16.7. The zero-order chi connectivity index (χ0) is 20.1. The maximum absolute atomic E-state index is 13.0. The van der Waals surface area contributed by atoms with Crippen LogP contribution in [0.4, 0.5) is 0 Å². The molecule has 0 saturated carbocycles. The van der Waals surface area contributed by atoms with Gasteiger partial charge in [-0.3, -0.25) is 9.59 Å². The molecule has 0 aliphatic carbocycles. The normalized spacial score (nSPS) is 13.1. The van der Waals surface area contributed by atoms with Crippen LogP contribution in [0.5, 0.6) is 11.5 Å². The Bertz CT molecular complexity index is 865. The number of carbonyl (C=O) groups excluding carboxylic acids is 2. The number of nitrogens with one attached hydrogen (secondary N) is 1. The first-order chi connectivity index (χ1) is 13.5. The molecule has 1 heterocycles. The molecular formula is C22H26N2O4. The third kappa shape index (κ3) is 4.63. The lowest BCUT2D eigenvalue weighted by molar-refractivity contribution is -0.140. The molecule has 0 bridgehead atoms. The number of aryl methyl sites for hydroxylation is 2. The molecule has 0 spiro atoms. The Labute approximate surface area is 165 Å². The molecule has 28 heavy (non-hydrogen) atoms. The molecule has 2 aromatic rings. The van der Waals surface area contributed by atoms with Gasteiger partial charge in [-0.15, -0.1) is 0 Å². The van der Waals surface area contributed by atoms with E-state index >= 15 is 0 Å². The van der Waals surface area contributed by atoms with Crippen LogP contribution in [-0.2, 0) is 22.6 Å². The minimum atomic E-state index is -0.547. The van der Waals surface area contributed by atoms with Gasteiger partial charge in [0, 0.05) is 20.0 Å². The van der Waals surface area contributed by atoms with Crippen LogP contribution >= 0.6 is 0 Å². The SMILES string of the molecule is CNC(=O)C(C)N(Cc1cccc(C)c1)C(=O)CCc1ccc2c(c1)OCO2. The van der Waals surface area contributed by atoms with Gasteiger partial charge in [0.1, 0.15) is 6.04 Å². The van der Waals surface area contributed by atoms with Crippen LogP contribution in [0, 0.1) is 6.92 Å². The standard InChI is InChI=1S/C22H26N2O4/c1-15-5-4-6-18(11-15)13-24(16(2)22(26)23-3)21(25)10-8-17-7-9-19-20(12-17)28-14-27-19/h4-7,9,11-12,16H,8,10,13-14H2,1-3H3,(H,23,26). The molecule has 6 nitrogen and oxygen atoms in total. The number of nitrogens with zero attached hydrogens (tertiary/aromatic N) is 1. The summed E-state index contributed by atoms with van der Waals surface area (Å²) in [6.45, 7) is 4.40. The number of hydrogen-bond acceptors (Lipinski definition) is 4. The Morgan fingerprint density at radius 3 is 2.64 bits per heavy atom. The highest BCUT2D eigenvalue weighted by molar-refractivity contribution is 5.87. The number of hydrogen-bond donors (Lipinski definition) is 1. The Morgan fingerprint density at radius 1 is 1.11 bits per heavy atom. The molecule has 0 saturated heterocycles. The molecular weight excluding hydrogens is 356 g/mol. The molecule has 1 unspecified atom stereocenters. The molecule has 1 aliphatic heterocycles. The average Bonchev–Trinajstić information content (AvgIpc) is 3.17. The van der Waals surface area contributed by atoms with Gasteiger partial charge in [0.25, 0.3) is 0 Å². The van der Waals surface area contributed by atoms with Gasteiger partial charge < -0.3 is 19.7 Å². The van der Waals surface area contributed by atoms with Crippen molar-refractivity contribution in [1.29, 1.82) is 0 Å². The summed E-state index contributed by atoms with van der Waals surface area (Å²) >= 11 is 0. The fraction of sp³-hybridized carbons (Fsp3) is 0.364. The van der Waals surface area contributed by atoms with Crippen molar-refractivity contribution in [2.24, 2.45) is 0 Å². The molecule has 1 aliphatic rings. The maximum Gasteiger partial charge on any atom is 0.242 e. The Balaban J connectivity index is 1.71. The van der Waals surface area contributed by atoms with Gasteiger partial charge in [-0.1, -0.05) is 35.9 Å². The number of benzene rings is 2. The van der Waals surface area contributed by atoms with Crippen molar-refractivity contribution in [3.63, 3.8) is 0 Å². The summed E-state index contributed by atoms with van der Waals surface area (Å²) in [6, 6.07) is 13.1. The van der Waals surface area contributed by atoms with Crippen molar-refractivity contribution in [3.8, 4) is 11.5 Å². The quantitative estimate of drug-likeness (QED) is 0.800. The van der Waals surface area contributed by atoms with E-state index in [-0.39, 0.29) is 18.6 Å². The molecule has 6 heteroatoms. The van der Waals surface area contributed by atoms with Crippen LogP contribution in [0.2, 0.25) is 0 Å². The second kappa shape index (κ2) is 8.78. The number of amides is 2. The third-order valence-corrected chi connectivity index (χ3v) is 4.91. The van der Waals surface area contributed by atoms with E-state index in [1.807, 2.05) is 49.4 Å². The minimum absolute atomic E-state index is 0.0599. The van der Waals surface area contributed by atoms with Crippen LogP contribution in [0.15, 0.2) is 42.5 Å². The number of carbonyl (C=O) groups is 2. The Kier molecular flexibility index (Phi) is 6.19. The van der Waals surface area contributed by atoms with Crippen LogP contribution in [-0.4, -0.2) is 36.6 Å². The summed E-state index contributed by atoms with van der Waals surface area (Å²) in [5.74, 6) is 1.20. The zero-order valence-corrected chi connectivity index (χ0v) is 16.5. The van der Waals surface area contributed by atoms with Crippen LogP contribution in [0.3, 0.4) is 0 Å². The molecule has 0 fully saturated rings. The van der Waals surface area contributed by atoms with E-state index in [1.165, 1.54) is 0 Å². The molecule has 0 radical (unpaired) electrons. The summed E-state index contributed by atoms with van der Waals surface area (Å²) in [4.78, 5) is 26.8. The molecule has 2 amide bonds. The first-order valence-corrected chi connectivity index (χ1v) is 9.43. The highest BCUT2D eigenvalue weighted by Crippen LogP contribution is 2.32.